The molecular weight excluding hydrogens is 398 g/mol. The molecule has 3 rings (SSSR count). The second-order valence-corrected chi connectivity index (χ2v) is 9.66. The number of aryl methyl sites for hydroxylation is 1. The van der Waals surface area contributed by atoms with E-state index in [9.17, 15) is 13.2 Å². The van der Waals surface area contributed by atoms with Gasteiger partial charge in [-0.05, 0) is 36.6 Å². The van der Waals surface area contributed by atoms with Crippen LogP contribution in [0.15, 0.2) is 47.2 Å². The Morgan fingerprint density at radius 1 is 1.39 bits per heavy atom. The third-order valence-corrected chi connectivity index (χ3v) is 7.26. The molecule has 2 aromatic rings. The zero-order valence-electron chi connectivity index (χ0n) is 15.9. The third-order valence-electron chi connectivity index (χ3n) is 4.48. The predicted octanol–water partition coefficient (Wildman–Crippen LogP) is 1.79. The van der Waals surface area contributed by atoms with Crippen molar-refractivity contribution in [2.24, 2.45) is 0 Å². The van der Waals surface area contributed by atoms with E-state index < -0.39 is 10.0 Å². The Labute approximate surface area is 169 Å². The van der Waals surface area contributed by atoms with Crippen molar-refractivity contribution in [2.45, 2.75) is 29.4 Å². The number of hydrogen-bond donors (Lipinski definition) is 0. The second-order valence-electron chi connectivity index (χ2n) is 6.57. The lowest BCUT2D eigenvalue weighted by Gasteiger charge is -2.30. The van der Waals surface area contributed by atoms with Gasteiger partial charge in [0.1, 0.15) is 6.33 Å². The van der Waals surface area contributed by atoms with E-state index >= 15 is 0 Å². The first-order valence-electron chi connectivity index (χ1n) is 8.82. The fraction of sp³-hybridized carbons (Fsp3) is 0.389. The van der Waals surface area contributed by atoms with Crippen LogP contribution in [0.1, 0.15) is 12.0 Å². The summed E-state index contributed by atoms with van der Waals surface area (Å²) in [6.45, 7) is 4.90. The second kappa shape index (κ2) is 8.46. The third kappa shape index (κ3) is 4.13. The van der Waals surface area contributed by atoms with E-state index in [1.165, 1.54) is 30.2 Å². The largest absolute Gasteiger partial charge is 0.311 e. The molecule has 1 aromatic carbocycles. The fourth-order valence-corrected chi connectivity index (χ4v) is 4.78. The minimum Gasteiger partial charge on any atom is -0.311 e. The molecule has 0 fully saturated rings. The van der Waals surface area contributed by atoms with Gasteiger partial charge in [-0.25, -0.2) is 12.7 Å². The Balaban J connectivity index is 1.77. The quantitative estimate of drug-likeness (QED) is 0.500. The number of nitrogens with zero attached hydrogens (tertiary/aromatic N) is 5. The van der Waals surface area contributed by atoms with Gasteiger partial charge < -0.3 is 9.47 Å². The van der Waals surface area contributed by atoms with Crippen molar-refractivity contribution >= 4 is 33.4 Å². The van der Waals surface area contributed by atoms with Crippen molar-refractivity contribution in [3.8, 4) is 0 Å². The Morgan fingerprint density at radius 3 is 2.89 bits per heavy atom. The molecule has 1 amide bonds. The van der Waals surface area contributed by atoms with Crippen molar-refractivity contribution in [2.75, 3.05) is 31.3 Å². The van der Waals surface area contributed by atoms with Crippen LogP contribution >= 0.6 is 11.8 Å². The average molecular weight is 422 g/mol. The van der Waals surface area contributed by atoms with Crippen LogP contribution < -0.4 is 4.90 Å². The number of benzene rings is 1. The zero-order chi connectivity index (χ0) is 20.3. The van der Waals surface area contributed by atoms with E-state index in [4.69, 9.17) is 0 Å². The van der Waals surface area contributed by atoms with E-state index in [0.29, 0.717) is 18.2 Å². The van der Waals surface area contributed by atoms with Gasteiger partial charge in [-0.2, -0.15) is 0 Å². The molecule has 0 bridgehead atoms. The molecule has 0 aliphatic carbocycles. The Morgan fingerprint density at radius 2 is 2.18 bits per heavy atom. The van der Waals surface area contributed by atoms with Crippen LogP contribution in [0, 0.1) is 0 Å². The van der Waals surface area contributed by atoms with Crippen LogP contribution in [0.4, 0.5) is 5.69 Å². The molecule has 2 heterocycles. The van der Waals surface area contributed by atoms with E-state index in [0.717, 1.165) is 24.1 Å². The molecule has 0 saturated carbocycles. The highest BCUT2D eigenvalue weighted by Gasteiger charge is 2.26. The number of sulfonamides is 1. The summed E-state index contributed by atoms with van der Waals surface area (Å²) >= 11 is 1.33. The Bertz CT molecular complexity index is 985. The monoisotopic (exact) mass is 421 g/mol. The van der Waals surface area contributed by atoms with Gasteiger partial charge >= 0.3 is 0 Å². The van der Waals surface area contributed by atoms with Gasteiger partial charge in [-0.1, -0.05) is 17.8 Å². The molecule has 0 unspecified atom stereocenters. The van der Waals surface area contributed by atoms with Crippen LogP contribution in [0.3, 0.4) is 0 Å². The van der Waals surface area contributed by atoms with Gasteiger partial charge in [-0.3, -0.25) is 4.79 Å². The van der Waals surface area contributed by atoms with Crippen LogP contribution in [0.5, 0.6) is 0 Å². The number of fused-ring (bicyclic) bond motifs is 1. The number of anilines is 1. The zero-order valence-corrected chi connectivity index (χ0v) is 17.5. The maximum absolute atomic E-state index is 12.8. The molecule has 0 saturated heterocycles. The van der Waals surface area contributed by atoms with Gasteiger partial charge in [0.05, 0.1) is 10.6 Å². The smallest absolute Gasteiger partial charge is 0.242 e. The molecule has 0 radical (unpaired) electrons. The summed E-state index contributed by atoms with van der Waals surface area (Å²) in [7, 11) is -0.485. The number of carbonyl (C=O) groups is 1. The van der Waals surface area contributed by atoms with E-state index in [2.05, 4.69) is 16.8 Å². The standard InChI is InChI=1S/C18H23N5O3S2/c1-4-9-22-13-19-20-18(22)27-12-17(24)23-10-5-6-14-11-15(7-8-16(14)23)28(25,26)21(2)3/h4,7-8,11,13H,1,5-6,9-10,12H2,2-3H3. The molecule has 0 N–H and O–H groups in total. The maximum Gasteiger partial charge on any atom is 0.242 e. The summed E-state index contributed by atoms with van der Waals surface area (Å²) < 4.78 is 27.8. The first-order valence-corrected chi connectivity index (χ1v) is 11.2. The fourth-order valence-electron chi connectivity index (χ4n) is 3.03. The number of aromatic nitrogens is 3. The van der Waals surface area contributed by atoms with Gasteiger partial charge in [0.25, 0.3) is 0 Å². The number of hydrogen-bond acceptors (Lipinski definition) is 6. The number of carbonyl (C=O) groups excluding carboxylic acids is 1. The molecule has 1 aliphatic heterocycles. The predicted molar refractivity (Wildman–Crippen MR) is 109 cm³/mol. The first-order chi connectivity index (χ1) is 13.3. The molecule has 0 atom stereocenters. The van der Waals surface area contributed by atoms with Gasteiger partial charge in [0.15, 0.2) is 5.16 Å². The molecule has 0 spiro atoms. The van der Waals surface area contributed by atoms with Crippen LogP contribution in [-0.4, -0.2) is 59.8 Å². The SMILES string of the molecule is C=CCn1cnnc1SCC(=O)N1CCCc2cc(S(=O)(=O)N(C)C)ccc21. The summed E-state index contributed by atoms with van der Waals surface area (Å²) in [5.74, 6) is 0.190. The minimum absolute atomic E-state index is 0.0395. The minimum atomic E-state index is -3.50. The lowest BCUT2D eigenvalue weighted by atomic mass is 10.0. The van der Waals surface area contributed by atoms with Gasteiger partial charge in [-0.15, -0.1) is 16.8 Å². The molecule has 8 nitrogen and oxygen atoms in total. The number of thioether (sulfide) groups is 1. The molecule has 1 aliphatic rings. The van der Waals surface area contributed by atoms with Crippen molar-refractivity contribution in [3.05, 3.63) is 42.7 Å². The lowest BCUT2D eigenvalue weighted by Crippen LogP contribution is -2.37. The van der Waals surface area contributed by atoms with Crippen LogP contribution in [0.25, 0.3) is 0 Å². The van der Waals surface area contributed by atoms with E-state index in [1.54, 1.807) is 35.5 Å². The summed E-state index contributed by atoms with van der Waals surface area (Å²) in [4.78, 5) is 14.8. The molecule has 10 heteroatoms. The van der Waals surface area contributed by atoms with Gasteiger partial charge in [0.2, 0.25) is 15.9 Å². The molecule has 28 heavy (non-hydrogen) atoms. The Kier molecular flexibility index (Phi) is 6.21. The lowest BCUT2D eigenvalue weighted by molar-refractivity contribution is -0.116. The topological polar surface area (TPSA) is 88.4 Å². The molecular formula is C18H23N5O3S2. The molecule has 150 valence electrons. The first kappa shape index (κ1) is 20.6. The number of rotatable bonds is 7. The summed E-state index contributed by atoms with van der Waals surface area (Å²) in [5.41, 5.74) is 1.66. The van der Waals surface area contributed by atoms with Gasteiger partial charge in [0, 0.05) is 32.9 Å². The van der Waals surface area contributed by atoms with E-state index in [1.807, 2.05) is 4.57 Å². The Hall–Kier alpha value is -2.17. The highest BCUT2D eigenvalue weighted by Crippen LogP contribution is 2.31. The highest BCUT2D eigenvalue weighted by molar-refractivity contribution is 7.99. The van der Waals surface area contributed by atoms with Crippen molar-refractivity contribution < 1.29 is 13.2 Å². The average Bonchev–Trinajstić information content (AvgIpc) is 3.12. The number of amides is 1. The highest BCUT2D eigenvalue weighted by atomic mass is 32.2. The summed E-state index contributed by atoms with van der Waals surface area (Å²) in [6.07, 6.45) is 4.89. The van der Waals surface area contributed by atoms with E-state index in [-0.39, 0.29) is 16.6 Å². The summed E-state index contributed by atoms with van der Waals surface area (Å²) in [5, 5.41) is 8.57. The maximum atomic E-state index is 12.8. The summed E-state index contributed by atoms with van der Waals surface area (Å²) in [6, 6.07) is 4.97. The van der Waals surface area contributed by atoms with Crippen molar-refractivity contribution in [1.29, 1.82) is 0 Å². The number of allylic oxidation sites excluding steroid dienone is 1. The van der Waals surface area contributed by atoms with Crippen LogP contribution in [-0.2, 0) is 27.8 Å². The normalized spacial score (nSPS) is 14.2. The van der Waals surface area contributed by atoms with Crippen LogP contribution in [0.2, 0.25) is 0 Å². The molecule has 1 aromatic heterocycles. The van der Waals surface area contributed by atoms with Crippen molar-refractivity contribution in [3.63, 3.8) is 0 Å². The van der Waals surface area contributed by atoms with Crippen molar-refractivity contribution in [1.82, 2.24) is 19.1 Å².